The van der Waals surface area contributed by atoms with Crippen LogP contribution < -0.4 is 4.90 Å². The molecule has 0 bridgehead atoms. The molecule has 0 aliphatic rings. The van der Waals surface area contributed by atoms with Crippen molar-refractivity contribution in [2.24, 2.45) is 0 Å². The summed E-state index contributed by atoms with van der Waals surface area (Å²) in [4.78, 5) is 2.47. The highest BCUT2D eigenvalue weighted by Gasteiger charge is 2.21. The maximum Gasteiger partial charge on any atom is 0.0554 e. The van der Waals surface area contributed by atoms with Gasteiger partial charge in [0.05, 0.1) is 5.69 Å². The number of hydrogen-bond acceptors (Lipinski definition) is 2. The van der Waals surface area contributed by atoms with Gasteiger partial charge in [-0.15, -0.1) is 11.3 Å². The molecule has 0 spiro atoms. The summed E-state index contributed by atoms with van der Waals surface area (Å²) in [5.74, 6) is 0. The van der Waals surface area contributed by atoms with Crippen LogP contribution in [0.5, 0.6) is 0 Å². The molecule has 0 unspecified atom stereocenters. The average Bonchev–Trinajstić information content (AvgIpc) is 3.71. The third-order valence-corrected chi connectivity index (χ3v) is 13.3. The fourth-order valence-corrected chi connectivity index (χ4v) is 10.6. The van der Waals surface area contributed by atoms with Gasteiger partial charge in [0.2, 0.25) is 0 Å². The van der Waals surface area contributed by atoms with Gasteiger partial charge in [-0.25, -0.2) is 0 Å². The minimum absolute atomic E-state index is 1.11. The van der Waals surface area contributed by atoms with Gasteiger partial charge in [0.15, 0.2) is 0 Å². The second-order valence-electron chi connectivity index (χ2n) is 15.6. The second-order valence-corrected chi connectivity index (χ2v) is 16.7. The molecule has 0 fully saturated rings. The van der Waals surface area contributed by atoms with E-state index in [-0.39, 0.29) is 0 Å². The first kappa shape index (κ1) is 34.5. The Morgan fingerprint density at radius 2 is 0.833 bits per heavy atom. The number of anilines is 3. The van der Waals surface area contributed by atoms with Crippen LogP contribution in [0.2, 0.25) is 0 Å². The second kappa shape index (κ2) is 14.1. The van der Waals surface area contributed by atoms with Crippen molar-refractivity contribution in [1.82, 2.24) is 0 Å². The number of nitrogens with zero attached hydrogens (tertiary/aromatic N) is 1. The summed E-state index contributed by atoms with van der Waals surface area (Å²) in [5.41, 5.74) is 10.7. The molecular weight excluding hydrogens is 743 g/mol. The smallest absolute Gasteiger partial charge is 0.0554 e. The summed E-state index contributed by atoms with van der Waals surface area (Å²) in [7, 11) is 0. The van der Waals surface area contributed by atoms with E-state index < -0.39 is 0 Å². The molecule has 0 N–H and O–H groups in total. The minimum atomic E-state index is 1.11. The summed E-state index contributed by atoms with van der Waals surface area (Å²) >= 11 is 1.86. The van der Waals surface area contributed by atoms with E-state index in [1.807, 2.05) is 11.3 Å². The zero-order valence-corrected chi connectivity index (χ0v) is 33.5. The summed E-state index contributed by atoms with van der Waals surface area (Å²) in [6, 6.07) is 82.6. The Balaban J connectivity index is 1.10. The summed E-state index contributed by atoms with van der Waals surface area (Å²) in [5, 5.41) is 12.6. The summed E-state index contributed by atoms with van der Waals surface area (Å²) in [6.45, 7) is 0. The minimum Gasteiger partial charge on any atom is -0.310 e. The van der Waals surface area contributed by atoms with E-state index >= 15 is 0 Å². The van der Waals surface area contributed by atoms with Crippen molar-refractivity contribution in [3.8, 4) is 33.4 Å². The first-order valence-electron chi connectivity index (χ1n) is 20.6. The van der Waals surface area contributed by atoms with Crippen LogP contribution in [0.3, 0.4) is 0 Å². The molecular formula is C58H37NS. The Kier molecular flexibility index (Phi) is 8.11. The van der Waals surface area contributed by atoms with Gasteiger partial charge in [-0.2, -0.15) is 0 Å². The molecule has 0 aliphatic heterocycles. The molecule has 0 saturated heterocycles. The highest BCUT2D eigenvalue weighted by atomic mass is 32.1. The molecule has 12 rings (SSSR count). The van der Waals surface area contributed by atoms with Crippen LogP contribution in [0, 0.1) is 0 Å². The van der Waals surface area contributed by atoms with E-state index in [1.165, 1.54) is 102 Å². The molecule has 0 amide bonds. The lowest BCUT2D eigenvalue weighted by Crippen LogP contribution is -2.10. The maximum atomic E-state index is 2.47. The van der Waals surface area contributed by atoms with E-state index in [4.69, 9.17) is 0 Å². The van der Waals surface area contributed by atoms with Crippen LogP contribution in [-0.4, -0.2) is 0 Å². The van der Waals surface area contributed by atoms with E-state index in [0.29, 0.717) is 0 Å². The molecule has 1 aromatic heterocycles. The lowest BCUT2D eigenvalue weighted by molar-refractivity contribution is 1.31. The fraction of sp³-hybridized carbons (Fsp3) is 0. The number of rotatable bonds is 6. The van der Waals surface area contributed by atoms with Gasteiger partial charge < -0.3 is 4.90 Å². The largest absolute Gasteiger partial charge is 0.310 e. The Morgan fingerprint density at radius 1 is 0.283 bits per heavy atom. The molecule has 60 heavy (non-hydrogen) atoms. The molecule has 1 nitrogen and oxygen atoms in total. The van der Waals surface area contributed by atoms with Crippen molar-refractivity contribution >= 4 is 91.7 Å². The first-order chi connectivity index (χ1) is 29.8. The van der Waals surface area contributed by atoms with Crippen LogP contribution in [0.1, 0.15) is 0 Å². The molecule has 12 aromatic rings. The molecule has 1 heterocycles. The van der Waals surface area contributed by atoms with E-state index in [9.17, 15) is 0 Å². The number of hydrogen-bond donors (Lipinski definition) is 0. The predicted octanol–water partition coefficient (Wildman–Crippen LogP) is 17.1. The molecule has 11 aromatic carbocycles. The highest BCUT2D eigenvalue weighted by molar-refractivity contribution is 7.26. The standard InChI is InChI=1S/C58H37NS/c1-3-16-39(17-4-1)56-50-24-10-9-23-48(50)49-33-31-42(37-52(49)57(56)40-18-5-2-6-19-40)41-20-13-21-44(35-41)59(53-26-14-28-55-58(53)51-25-11-12-27-54(51)60-55)45-32-34-47-43(36-45)30-29-38-15-7-8-22-46(38)47/h1-37H. The Labute approximate surface area is 352 Å². The van der Waals surface area contributed by atoms with Crippen molar-refractivity contribution in [3.63, 3.8) is 0 Å². The molecule has 0 aliphatic carbocycles. The normalized spacial score (nSPS) is 11.7. The Bertz CT molecular complexity index is 3600. The van der Waals surface area contributed by atoms with Crippen LogP contribution in [0.15, 0.2) is 224 Å². The van der Waals surface area contributed by atoms with Crippen LogP contribution in [0.4, 0.5) is 17.1 Å². The SMILES string of the molecule is c1ccc(-c2c(-c3ccccc3)c3cc(-c4cccc(N(c5ccc6c(ccc7ccccc76)c5)c5cccc6sc7ccccc7c56)c4)ccc3c3ccccc23)cc1. The Hall–Kier alpha value is -7.52. The maximum absolute atomic E-state index is 2.47. The van der Waals surface area contributed by atoms with Crippen LogP contribution >= 0.6 is 11.3 Å². The lowest BCUT2D eigenvalue weighted by Gasteiger charge is -2.27. The van der Waals surface area contributed by atoms with Crippen LogP contribution in [-0.2, 0) is 0 Å². The molecule has 0 saturated carbocycles. The summed E-state index contributed by atoms with van der Waals surface area (Å²) in [6.07, 6.45) is 0. The van der Waals surface area contributed by atoms with Gasteiger partial charge in [0.1, 0.15) is 0 Å². The van der Waals surface area contributed by atoms with E-state index in [1.54, 1.807) is 0 Å². The molecule has 0 atom stereocenters. The van der Waals surface area contributed by atoms with Gasteiger partial charge >= 0.3 is 0 Å². The van der Waals surface area contributed by atoms with Gasteiger partial charge in [-0.1, -0.05) is 176 Å². The van der Waals surface area contributed by atoms with Gasteiger partial charge in [-0.05, 0) is 125 Å². The van der Waals surface area contributed by atoms with E-state index in [2.05, 4.69) is 229 Å². The van der Waals surface area contributed by atoms with Crippen molar-refractivity contribution in [2.45, 2.75) is 0 Å². The number of benzene rings is 11. The van der Waals surface area contributed by atoms with Gasteiger partial charge in [0.25, 0.3) is 0 Å². The van der Waals surface area contributed by atoms with Gasteiger partial charge in [-0.3, -0.25) is 0 Å². The average molecular weight is 780 g/mol. The fourth-order valence-electron chi connectivity index (χ4n) is 9.51. The monoisotopic (exact) mass is 779 g/mol. The topological polar surface area (TPSA) is 3.24 Å². The lowest BCUT2D eigenvalue weighted by atomic mass is 9.84. The number of fused-ring (bicyclic) bond motifs is 9. The predicted molar refractivity (Wildman–Crippen MR) is 260 cm³/mol. The molecule has 280 valence electrons. The third kappa shape index (κ3) is 5.61. The first-order valence-corrected chi connectivity index (χ1v) is 21.4. The molecule has 2 heteroatoms. The quantitative estimate of drug-likeness (QED) is 0.152. The highest BCUT2D eigenvalue weighted by Crippen LogP contribution is 2.48. The van der Waals surface area contributed by atoms with E-state index in [0.717, 1.165) is 11.4 Å². The van der Waals surface area contributed by atoms with Crippen LogP contribution in [0.25, 0.3) is 96.6 Å². The third-order valence-electron chi connectivity index (χ3n) is 12.2. The van der Waals surface area contributed by atoms with Crippen molar-refractivity contribution in [1.29, 1.82) is 0 Å². The van der Waals surface area contributed by atoms with Crippen molar-refractivity contribution in [2.75, 3.05) is 4.90 Å². The summed E-state index contributed by atoms with van der Waals surface area (Å²) < 4.78 is 2.58. The number of thiophene rings is 1. The molecule has 0 radical (unpaired) electrons. The Morgan fingerprint density at radius 3 is 1.65 bits per heavy atom. The zero-order valence-electron chi connectivity index (χ0n) is 32.7. The van der Waals surface area contributed by atoms with Crippen molar-refractivity contribution < 1.29 is 0 Å². The van der Waals surface area contributed by atoms with Gasteiger partial charge in [0, 0.05) is 31.5 Å². The zero-order chi connectivity index (χ0) is 39.6. The van der Waals surface area contributed by atoms with Crippen molar-refractivity contribution in [3.05, 3.63) is 224 Å².